The number of hydrogen-bond acceptors (Lipinski definition) is 2. The van der Waals surface area contributed by atoms with Crippen LogP contribution in [-0.4, -0.2) is 19.3 Å². The van der Waals surface area contributed by atoms with Gasteiger partial charge in [-0.1, -0.05) is 32.9 Å². The van der Waals surface area contributed by atoms with Gasteiger partial charge in [-0.05, 0) is 36.0 Å². The Morgan fingerprint density at radius 3 is 2.88 bits per heavy atom. The molecule has 1 N–H and O–H groups in total. The zero-order chi connectivity index (χ0) is 12.3. The van der Waals surface area contributed by atoms with E-state index >= 15 is 0 Å². The fourth-order valence-electron chi connectivity index (χ4n) is 2.30. The van der Waals surface area contributed by atoms with Crippen LogP contribution in [0.2, 0.25) is 0 Å². The second kappa shape index (κ2) is 5.54. The molecule has 17 heavy (non-hydrogen) atoms. The summed E-state index contributed by atoms with van der Waals surface area (Å²) < 4.78 is 5.47. The first-order valence-electron chi connectivity index (χ1n) is 6.61. The van der Waals surface area contributed by atoms with E-state index in [0.29, 0.717) is 17.9 Å². The molecule has 0 radical (unpaired) electrons. The lowest BCUT2D eigenvalue weighted by molar-refractivity contribution is 0.0538. The molecule has 1 aromatic rings. The van der Waals surface area contributed by atoms with Crippen LogP contribution in [0.3, 0.4) is 0 Å². The van der Waals surface area contributed by atoms with E-state index in [4.69, 9.17) is 4.74 Å². The molecule has 94 valence electrons. The molecule has 2 atom stereocenters. The van der Waals surface area contributed by atoms with Crippen molar-refractivity contribution in [1.82, 2.24) is 0 Å². The van der Waals surface area contributed by atoms with E-state index in [0.717, 1.165) is 19.6 Å². The van der Waals surface area contributed by atoms with Crippen LogP contribution in [0.15, 0.2) is 24.3 Å². The third-order valence-electron chi connectivity index (χ3n) is 3.55. The molecule has 2 heteroatoms. The van der Waals surface area contributed by atoms with Gasteiger partial charge in [0.1, 0.15) is 0 Å². The molecular weight excluding hydrogens is 210 g/mol. The number of anilines is 1. The Balaban J connectivity index is 2.04. The third kappa shape index (κ3) is 3.22. The molecule has 0 bridgehead atoms. The quantitative estimate of drug-likeness (QED) is 0.860. The van der Waals surface area contributed by atoms with E-state index in [2.05, 4.69) is 50.4 Å². The largest absolute Gasteiger partial charge is 0.382 e. The molecule has 1 heterocycles. The SMILES string of the molecule is CC(C)c1cccc(NC2CCOCC2C)c1. The van der Waals surface area contributed by atoms with Gasteiger partial charge in [-0.25, -0.2) is 0 Å². The van der Waals surface area contributed by atoms with Crippen LogP contribution in [0, 0.1) is 5.92 Å². The molecule has 0 aromatic heterocycles. The number of ether oxygens (including phenoxy) is 1. The average molecular weight is 233 g/mol. The highest BCUT2D eigenvalue weighted by Crippen LogP contribution is 2.22. The van der Waals surface area contributed by atoms with Gasteiger partial charge in [0.25, 0.3) is 0 Å². The molecule has 0 amide bonds. The van der Waals surface area contributed by atoms with Crippen LogP contribution in [0.4, 0.5) is 5.69 Å². The summed E-state index contributed by atoms with van der Waals surface area (Å²) in [5.74, 6) is 1.18. The number of hydrogen-bond donors (Lipinski definition) is 1. The molecule has 0 spiro atoms. The van der Waals surface area contributed by atoms with Crippen LogP contribution >= 0.6 is 0 Å². The third-order valence-corrected chi connectivity index (χ3v) is 3.55. The summed E-state index contributed by atoms with van der Waals surface area (Å²) in [6, 6.07) is 9.32. The van der Waals surface area contributed by atoms with Gasteiger partial charge in [0, 0.05) is 18.3 Å². The lowest BCUT2D eigenvalue weighted by Crippen LogP contribution is -2.35. The monoisotopic (exact) mass is 233 g/mol. The van der Waals surface area contributed by atoms with Crippen molar-refractivity contribution in [1.29, 1.82) is 0 Å². The van der Waals surface area contributed by atoms with Crippen LogP contribution in [-0.2, 0) is 4.74 Å². The summed E-state index contributed by atoms with van der Waals surface area (Å²) in [5, 5.41) is 3.65. The van der Waals surface area contributed by atoms with Gasteiger partial charge >= 0.3 is 0 Å². The van der Waals surface area contributed by atoms with E-state index in [9.17, 15) is 0 Å². The first-order chi connectivity index (χ1) is 8.16. The highest BCUT2D eigenvalue weighted by Gasteiger charge is 2.21. The van der Waals surface area contributed by atoms with Gasteiger partial charge in [0.2, 0.25) is 0 Å². The van der Waals surface area contributed by atoms with Crippen molar-refractivity contribution in [2.24, 2.45) is 5.92 Å². The summed E-state index contributed by atoms with van der Waals surface area (Å²) in [7, 11) is 0. The van der Waals surface area contributed by atoms with E-state index in [1.54, 1.807) is 0 Å². The predicted molar refractivity (Wildman–Crippen MR) is 72.5 cm³/mol. The van der Waals surface area contributed by atoms with Crippen molar-refractivity contribution in [2.45, 2.75) is 39.2 Å². The first-order valence-corrected chi connectivity index (χ1v) is 6.61. The van der Waals surface area contributed by atoms with Crippen molar-refractivity contribution in [3.8, 4) is 0 Å². The lowest BCUT2D eigenvalue weighted by atomic mass is 9.97. The molecule has 2 nitrogen and oxygen atoms in total. The Bertz CT molecular complexity index is 362. The summed E-state index contributed by atoms with van der Waals surface area (Å²) in [6.45, 7) is 8.48. The minimum Gasteiger partial charge on any atom is -0.382 e. The van der Waals surface area contributed by atoms with Crippen LogP contribution in [0.5, 0.6) is 0 Å². The molecule has 0 saturated carbocycles. The summed E-state index contributed by atoms with van der Waals surface area (Å²) in [4.78, 5) is 0. The zero-order valence-electron chi connectivity index (χ0n) is 11.1. The van der Waals surface area contributed by atoms with Gasteiger partial charge in [-0.3, -0.25) is 0 Å². The molecule has 1 aromatic carbocycles. The molecule has 2 rings (SSSR count). The standard InChI is InChI=1S/C15H23NO/c1-11(2)13-5-4-6-14(9-13)16-15-7-8-17-10-12(15)3/h4-6,9,11-12,15-16H,7-8,10H2,1-3H3. The molecule has 0 aliphatic carbocycles. The minimum absolute atomic E-state index is 0.547. The van der Waals surface area contributed by atoms with Crippen molar-refractivity contribution in [3.63, 3.8) is 0 Å². The summed E-state index contributed by atoms with van der Waals surface area (Å²) in [6.07, 6.45) is 1.10. The van der Waals surface area contributed by atoms with E-state index < -0.39 is 0 Å². The minimum atomic E-state index is 0.547. The first kappa shape index (κ1) is 12.4. The summed E-state index contributed by atoms with van der Waals surface area (Å²) >= 11 is 0. The molecule has 1 saturated heterocycles. The van der Waals surface area contributed by atoms with Gasteiger partial charge in [-0.2, -0.15) is 0 Å². The number of benzene rings is 1. The van der Waals surface area contributed by atoms with Crippen molar-refractivity contribution in [3.05, 3.63) is 29.8 Å². The summed E-state index contributed by atoms with van der Waals surface area (Å²) in [5.41, 5.74) is 2.64. The Morgan fingerprint density at radius 1 is 1.35 bits per heavy atom. The topological polar surface area (TPSA) is 21.3 Å². The maximum absolute atomic E-state index is 5.47. The number of nitrogens with one attached hydrogen (secondary N) is 1. The van der Waals surface area contributed by atoms with E-state index in [1.165, 1.54) is 11.3 Å². The molecule has 1 aliphatic rings. The van der Waals surface area contributed by atoms with Crippen molar-refractivity contribution in [2.75, 3.05) is 18.5 Å². The molecule has 2 unspecified atom stereocenters. The average Bonchev–Trinajstić information content (AvgIpc) is 2.32. The Morgan fingerprint density at radius 2 is 2.18 bits per heavy atom. The molecular formula is C15H23NO. The Hall–Kier alpha value is -1.02. The molecule has 1 aliphatic heterocycles. The smallest absolute Gasteiger partial charge is 0.0511 e. The second-order valence-corrected chi connectivity index (χ2v) is 5.37. The Kier molecular flexibility index (Phi) is 4.06. The van der Waals surface area contributed by atoms with Crippen molar-refractivity contribution >= 4 is 5.69 Å². The van der Waals surface area contributed by atoms with Crippen molar-refractivity contribution < 1.29 is 4.74 Å². The van der Waals surface area contributed by atoms with Gasteiger partial charge in [-0.15, -0.1) is 0 Å². The van der Waals surface area contributed by atoms with E-state index in [-0.39, 0.29) is 0 Å². The van der Waals surface area contributed by atoms with Crippen LogP contribution in [0.1, 0.15) is 38.7 Å². The fourth-order valence-corrected chi connectivity index (χ4v) is 2.30. The van der Waals surface area contributed by atoms with Gasteiger partial charge in [0.05, 0.1) is 6.61 Å². The number of rotatable bonds is 3. The normalized spacial score (nSPS) is 24.9. The predicted octanol–water partition coefficient (Wildman–Crippen LogP) is 3.65. The maximum Gasteiger partial charge on any atom is 0.0511 e. The highest BCUT2D eigenvalue weighted by atomic mass is 16.5. The highest BCUT2D eigenvalue weighted by molar-refractivity contribution is 5.47. The van der Waals surface area contributed by atoms with Crippen LogP contribution in [0.25, 0.3) is 0 Å². The Labute approximate surface area is 104 Å². The molecule has 1 fully saturated rings. The lowest BCUT2D eigenvalue weighted by Gasteiger charge is -2.30. The fraction of sp³-hybridized carbons (Fsp3) is 0.600. The van der Waals surface area contributed by atoms with Gasteiger partial charge in [0.15, 0.2) is 0 Å². The second-order valence-electron chi connectivity index (χ2n) is 5.37. The zero-order valence-corrected chi connectivity index (χ0v) is 11.1. The van der Waals surface area contributed by atoms with Crippen LogP contribution < -0.4 is 5.32 Å². The van der Waals surface area contributed by atoms with Gasteiger partial charge < -0.3 is 10.1 Å². The van der Waals surface area contributed by atoms with E-state index in [1.807, 2.05) is 0 Å². The maximum atomic E-state index is 5.47.